The lowest BCUT2D eigenvalue weighted by Crippen LogP contribution is -1.92. The molecule has 1 aromatic rings. The van der Waals surface area contributed by atoms with Gasteiger partial charge in [0.05, 0.1) is 12.3 Å². The van der Waals surface area contributed by atoms with E-state index in [9.17, 15) is 0 Å². The summed E-state index contributed by atoms with van der Waals surface area (Å²) in [4.78, 5) is 4.30. The third kappa shape index (κ3) is 1.40. The van der Waals surface area contributed by atoms with Crippen molar-refractivity contribution >= 4 is 0 Å². The van der Waals surface area contributed by atoms with Gasteiger partial charge >= 0.3 is 0 Å². The van der Waals surface area contributed by atoms with Crippen molar-refractivity contribution < 1.29 is 5.11 Å². The molecule has 0 saturated heterocycles. The van der Waals surface area contributed by atoms with E-state index in [1.807, 2.05) is 18.2 Å². The zero-order chi connectivity index (χ0) is 7.68. The first-order valence-electron chi connectivity index (χ1n) is 3.97. The van der Waals surface area contributed by atoms with Gasteiger partial charge < -0.3 is 5.11 Å². The first kappa shape index (κ1) is 6.80. The second kappa shape index (κ2) is 2.62. The van der Waals surface area contributed by atoms with Gasteiger partial charge in [-0.05, 0) is 25.0 Å². The Bertz CT molecular complexity index is 255. The molecule has 0 aliphatic heterocycles. The molecule has 0 amide bonds. The Morgan fingerprint density at radius 3 is 2.91 bits per heavy atom. The molecular weight excluding hydrogens is 138 g/mol. The molecule has 1 aromatic heterocycles. The van der Waals surface area contributed by atoms with Crippen LogP contribution in [0.5, 0.6) is 0 Å². The molecule has 0 bridgehead atoms. The Labute approximate surface area is 65.9 Å². The normalized spacial score (nSPS) is 16.8. The second-order valence-corrected chi connectivity index (χ2v) is 2.99. The highest BCUT2D eigenvalue weighted by molar-refractivity contribution is 5.18. The van der Waals surface area contributed by atoms with Gasteiger partial charge in [-0.15, -0.1) is 0 Å². The third-order valence-corrected chi connectivity index (χ3v) is 1.99. The Hall–Kier alpha value is -0.890. The van der Waals surface area contributed by atoms with Gasteiger partial charge in [0.15, 0.2) is 0 Å². The Kier molecular flexibility index (Phi) is 1.62. The van der Waals surface area contributed by atoms with E-state index in [4.69, 9.17) is 5.11 Å². The molecule has 1 aliphatic carbocycles. The van der Waals surface area contributed by atoms with Crippen LogP contribution in [0.3, 0.4) is 0 Å². The van der Waals surface area contributed by atoms with Crippen molar-refractivity contribution in [3.63, 3.8) is 0 Å². The van der Waals surface area contributed by atoms with Gasteiger partial charge in [-0.1, -0.05) is 6.07 Å². The monoisotopic (exact) mass is 149 g/mol. The van der Waals surface area contributed by atoms with Crippen molar-refractivity contribution in [2.24, 2.45) is 0 Å². The summed E-state index contributed by atoms with van der Waals surface area (Å²) < 4.78 is 0. The van der Waals surface area contributed by atoms with Crippen LogP contribution in [0.2, 0.25) is 0 Å². The molecule has 1 aliphatic rings. The number of aliphatic hydroxyl groups excluding tert-OH is 1. The molecule has 0 radical (unpaired) electrons. The van der Waals surface area contributed by atoms with E-state index in [2.05, 4.69) is 4.98 Å². The summed E-state index contributed by atoms with van der Waals surface area (Å²) in [6, 6.07) is 5.86. The highest BCUT2D eigenvalue weighted by Crippen LogP contribution is 2.38. The molecule has 2 heteroatoms. The summed E-state index contributed by atoms with van der Waals surface area (Å²) in [6.07, 6.45) is 2.53. The van der Waals surface area contributed by atoms with Gasteiger partial charge in [-0.2, -0.15) is 0 Å². The predicted molar refractivity (Wildman–Crippen MR) is 42.1 cm³/mol. The summed E-state index contributed by atoms with van der Waals surface area (Å²) in [5, 5.41) is 8.80. The van der Waals surface area contributed by atoms with Gasteiger partial charge in [0.2, 0.25) is 0 Å². The summed E-state index contributed by atoms with van der Waals surface area (Å²) in [7, 11) is 0. The molecule has 58 valence electrons. The standard InChI is InChI=1S/C9H11NO/c11-6-8-2-1-3-9(10-8)7-4-5-7/h1-3,7,11H,4-6H2. The lowest BCUT2D eigenvalue weighted by molar-refractivity contribution is 0.276. The highest BCUT2D eigenvalue weighted by Gasteiger charge is 2.24. The van der Waals surface area contributed by atoms with E-state index in [0.29, 0.717) is 5.92 Å². The number of hydrogen-bond donors (Lipinski definition) is 1. The first-order valence-corrected chi connectivity index (χ1v) is 3.97. The van der Waals surface area contributed by atoms with Crippen molar-refractivity contribution in [2.45, 2.75) is 25.4 Å². The largest absolute Gasteiger partial charge is 0.390 e. The van der Waals surface area contributed by atoms with Crippen molar-refractivity contribution in [2.75, 3.05) is 0 Å². The molecule has 0 unspecified atom stereocenters. The van der Waals surface area contributed by atoms with E-state index in [1.54, 1.807) is 0 Å². The van der Waals surface area contributed by atoms with Crippen LogP contribution in [-0.4, -0.2) is 10.1 Å². The summed E-state index contributed by atoms with van der Waals surface area (Å²) in [6.45, 7) is 0.0561. The smallest absolute Gasteiger partial charge is 0.0853 e. The van der Waals surface area contributed by atoms with Gasteiger partial charge in [0.25, 0.3) is 0 Å². The zero-order valence-corrected chi connectivity index (χ0v) is 6.33. The Morgan fingerprint density at radius 1 is 1.45 bits per heavy atom. The minimum Gasteiger partial charge on any atom is -0.390 e. The van der Waals surface area contributed by atoms with Crippen LogP contribution in [0.25, 0.3) is 0 Å². The van der Waals surface area contributed by atoms with Crippen LogP contribution in [-0.2, 0) is 6.61 Å². The number of hydrogen-bond acceptors (Lipinski definition) is 2. The number of rotatable bonds is 2. The molecular formula is C9H11NO. The SMILES string of the molecule is OCc1cccc(C2CC2)n1. The second-order valence-electron chi connectivity index (χ2n) is 2.99. The van der Waals surface area contributed by atoms with Gasteiger partial charge in [0, 0.05) is 11.6 Å². The molecule has 1 heterocycles. The topological polar surface area (TPSA) is 33.1 Å². The van der Waals surface area contributed by atoms with Crippen molar-refractivity contribution in [1.82, 2.24) is 4.98 Å². The van der Waals surface area contributed by atoms with E-state index >= 15 is 0 Å². The maximum Gasteiger partial charge on any atom is 0.0853 e. The fourth-order valence-electron chi connectivity index (χ4n) is 1.19. The van der Waals surface area contributed by atoms with Gasteiger partial charge in [-0.3, -0.25) is 4.98 Å². The quantitative estimate of drug-likeness (QED) is 0.690. The maximum absolute atomic E-state index is 8.80. The van der Waals surface area contributed by atoms with E-state index in [0.717, 1.165) is 11.4 Å². The number of pyridine rings is 1. The van der Waals surface area contributed by atoms with E-state index in [1.165, 1.54) is 12.8 Å². The number of aromatic nitrogens is 1. The van der Waals surface area contributed by atoms with Crippen LogP contribution in [0.15, 0.2) is 18.2 Å². The lowest BCUT2D eigenvalue weighted by atomic mass is 10.2. The fraction of sp³-hybridized carbons (Fsp3) is 0.444. The molecule has 1 fully saturated rings. The Morgan fingerprint density at radius 2 is 2.27 bits per heavy atom. The summed E-state index contributed by atoms with van der Waals surface area (Å²) in [5.74, 6) is 0.682. The maximum atomic E-state index is 8.80. The molecule has 2 rings (SSSR count). The van der Waals surface area contributed by atoms with Crippen LogP contribution < -0.4 is 0 Å². The molecule has 1 N–H and O–H groups in total. The minimum atomic E-state index is 0.0561. The molecule has 0 spiro atoms. The van der Waals surface area contributed by atoms with Gasteiger partial charge in [-0.25, -0.2) is 0 Å². The fourth-order valence-corrected chi connectivity index (χ4v) is 1.19. The van der Waals surface area contributed by atoms with Crippen LogP contribution in [0, 0.1) is 0 Å². The zero-order valence-electron chi connectivity index (χ0n) is 6.33. The van der Waals surface area contributed by atoms with Crippen molar-refractivity contribution in [1.29, 1.82) is 0 Å². The average molecular weight is 149 g/mol. The Balaban J connectivity index is 2.26. The minimum absolute atomic E-state index is 0.0561. The number of aliphatic hydroxyl groups is 1. The average Bonchev–Trinajstić information content (AvgIpc) is 2.87. The summed E-state index contributed by atoms with van der Waals surface area (Å²) >= 11 is 0. The van der Waals surface area contributed by atoms with Crippen LogP contribution in [0.1, 0.15) is 30.1 Å². The predicted octanol–water partition coefficient (Wildman–Crippen LogP) is 1.45. The van der Waals surface area contributed by atoms with Gasteiger partial charge in [0.1, 0.15) is 0 Å². The first-order chi connectivity index (χ1) is 5.40. The molecule has 0 aromatic carbocycles. The molecule has 1 saturated carbocycles. The van der Waals surface area contributed by atoms with E-state index in [-0.39, 0.29) is 6.61 Å². The van der Waals surface area contributed by atoms with Crippen molar-refractivity contribution in [3.8, 4) is 0 Å². The van der Waals surface area contributed by atoms with Crippen LogP contribution >= 0.6 is 0 Å². The van der Waals surface area contributed by atoms with Crippen LogP contribution in [0.4, 0.5) is 0 Å². The highest BCUT2D eigenvalue weighted by atomic mass is 16.3. The number of nitrogens with zero attached hydrogens (tertiary/aromatic N) is 1. The molecule has 0 atom stereocenters. The third-order valence-electron chi connectivity index (χ3n) is 1.99. The molecule has 11 heavy (non-hydrogen) atoms. The lowest BCUT2D eigenvalue weighted by Gasteiger charge is -1.98. The summed E-state index contributed by atoms with van der Waals surface area (Å²) in [5.41, 5.74) is 1.94. The molecule has 2 nitrogen and oxygen atoms in total. The van der Waals surface area contributed by atoms with E-state index < -0.39 is 0 Å². The van der Waals surface area contributed by atoms with Crippen molar-refractivity contribution in [3.05, 3.63) is 29.6 Å².